The zero-order valence-electron chi connectivity index (χ0n) is 6.59. The first kappa shape index (κ1) is 7.84. The van der Waals surface area contributed by atoms with Gasteiger partial charge in [-0.05, 0) is 18.6 Å². The highest BCUT2D eigenvalue weighted by atomic mass is 14.5. The summed E-state index contributed by atoms with van der Waals surface area (Å²) >= 11 is 0. The normalized spacial score (nSPS) is 8.55. The van der Waals surface area contributed by atoms with E-state index in [0.29, 0.717) is 6.54 Å². The molecular weight excluding hydrogens is 134 g/mol. The van der Waals surface area contributed by atoms with Crippen molar-refractivity contribution in [1.82, 2.24) is 0 Å². The van der Waals surface area contributed by atoms with Crippen molar-refractivity contribution < 1.29 is 0 Å². The van der Waals surface area contributed by atoms with E-state index in [9.17, 15) is 0 Å². The predicted octanol–water partition coefficient (Wildman–Crippen LogP) is 1.31. The fraction of sp³-hybridized carbons (Fsp3) is 0.200. The summed E-state index contributed by atoms with van der Waals surface area (Å²) in [7, 11) is 0. The molecule has 0 spiro atoms. The third-order valence-electron chi connectivity index (χ3n) is 1.47. The van der Waals surface area contributed by atoms with Crippen molar-refractivity contribution in [2.75, 3.05) is 6.54 Å². The minimum Gasteiger partial charge on any atom is -0.320 e. The summed E-state index contributed by atoms with van der Waals surface area (Å²) in [6, 6.07) is 8.02. The molecule has 0 aromatic heterocycles. The Labute approximate surface area is 67.2 Å². The lowest BCUT2D eigenvalue weighted by atomic mass is 10.1. The average molecular weight is 145 g/mol. The number of rotatable bonds is 0. The van der Waals surface area contributed by atoms with Gasteiger partial charge in [0.25, 0.3) is 0 Å². The smallest absolute Gasteiger partial charge is 0.0555 e. The molecule has 1 heteroatoms. The van der Waals surface area contributed by atoms with Crippen LogP contribution in [-0.4, -0.2) is 6.54 Å². The topological polar surface area (TPSA) is 26.0 Å². The Bertz CT molecular complexity index is 291. The number of benzene rings is 1. The molecule has 1 rings (SSSR count). The monoisotopic (exact) mass is 145 g/mol. The fourth-order valence-electron chi connectivity index (χ4n) is 0.859. The van der Waals surface area contributed by atoms with E-state index in [-0.39, 0.29) is 0 Å². The Morgan fingerprint density at radius 2 is 2.09 bits per heavy atom. The van der Waals surface area contributed by atoms with E-state index < -0.39 is 0 Å². The first-order valence-electron chi connectivity index (χ1n) is 3.59. The van der Waals surface area contributed by atoms with Gasteiger partial charge in [-0.2, -0.15) is 0 Å². The summed E-state index contributed by atoms with van der Waals surface area (Å²) in [5.41, 5.74) is 7.52. The van der Waals surface area contributed by atoms with Gasteiger partial charge in [0.05, 0.1) is 6.54 Å². The minimum atomic E-state index is 0.425. The van der Waals surface area contributed by atoms with Crippen molar-refractivity contribution in [3.8, 4) is 11.8 Å². The molecule has 1 aromatic rings. The van der Waals surface area contributed by atoms with E-state index in [2.05, 4.69) is 11.8 Å². The Morgan fingerprint density at radius 3 is 2.73 bits per heavy atom. The summed E-state index contributed by atoms with van der Waals surface area (Å²) in [5.74, 6) is 5.82. The van der Waals surface area contributed by atoms with Crippen LogP contribution in [0.2, 0.25) is 0 Å². The molecule has 0 amide bonds. The molecule has 1 nitrogen and oxygen atoms in total. The van der Waals surface area contributed by atoms with E-state index in [1.54, 1.807) is 0 Å². The molecule has 56 valence electrons. The quantitative estimate of drug-likeness (QED) is 0.547. The molecule has 0 saturated carbocycles. The lowest BCUT2D eigenvalue weighted by molar-refractivity contribution is 1.30. The van der Waals surface area contributed by atoms with Gasteiger partial charge in [-0.15, -0.1) is 0 Å². The van der Waals surface area contributed by atoms with Crippen LogP contribution in [0.3, 0.4) is 0 Å². The lowest BCUT2D eigenvalue weighted by Crippen LogP contribution is -1.93. The molecule has 0 unspecified atom stereocenters. The van der Waals surface area contributed by atoms with Crippen molar-refractivity contribution in [3.63, 3.8) is 0 Å². The largest absolute Gasteiger partial charge is 0.320 e. The molecule has 0 aliphatic heterocycles. The van der Waals surface area contributed by atoms with E-state index in [4.69, 9.17) is 5.73 Å². The van der Waals surface area contributed by atoms with E-state index >= 15 is 0 Å². The first-order chi connectivity index (χ1) is 5.34. The van der Waals surface area contributed by atoms with Crippen LogP contribution in [0.15, 0.2) is 24.3 Å². The van der Waals surface area contributed by atoms with E-state index in [0.717, 1.165) is 5.56 Å². The van der Waals surface area contributed by atoms with Gasteiger partial charge < -0.3 is 5.73 Å². The molecular formula is C10H11N. The molecule has 0 aliphatic rings. The van der Waals surface area contributed by atoms with Crippen LogP contribution in [0.1, 0.15) is 11.1 Å². The van der Waals surface area contributed by atoms with Crippen LogP contribution in [0.25, 0.3) is 0 Å². The van der Waals surface area contributed by atoms with Crippen molar-refractivity contribution in [1.29, 1.82) is 0 Å². The maximum atomic E-state index is 5.25. The van der Waals surface area contributed by atoms with E-state index in [1.807, 2.05) is 31.2 Å². The number of nitrogens with two attached hydrogens (primary N) is 1. The highest BCUT2D eigenvalue weighted by molar-refractivity contribution is 5.40. The fourth-order valence-corrected chi connectivity index (χ4v) is 0.859. The first-order valence-corrected chi connectivity index (χ1v) is 3.59. The molecule has 11 heavy (non-hydrogen) atoms. The van der Waals surface area contributed by atoms with Crippen LogP contribution in [0.5, 0.6) is 0 Å². The summed E-state index contributed by atoms with van der Waals surface area (Å²) in [6.45, 7) is 2.47. The van der Waals surface area contributed by atoms with Crippen molar-refractivity contribution >= 4 is 0 Å². The number of aryl methyl sites for hydroxylation is 1. The van der Waals surface area contributed by atoms with Gasteiger partial charge in [0.1, 0.15) is 0 Å². The molecule has 0 bridgehead atoms. The molecule has 0 aliphatic carbocycles. The molecule has 1 aromatic carbocycles. The Hall–Kier alpha value is -1.26. The maximum absolute atomic E-state index is 5.25. The minimum absolute atomic E-state index is 0.425. The molecule has 0 heterocycles. The Morgan fingerprint density at radius 1 is 1.36 bits per heavy atom. The number of hydrogen-bond donors (Lipinski definition) is 1. The third-order valence-corrected chi connectivity index (χ3v) is 1.47. The van der Waals surface area contributed by atoms with Gasteiger partial charge in [-0.1, -0.05) is 30.0 Å². The maximum Gasteiger partial charge on any atom is 0.0555 e. The summed E-state index contributed by atoms with van der Waals surface area (Å²) < 4.78 is 0. The molecule has 2 N–H and O–H groups in total. The third kappa shape index (κ3) is 2.10. The second-order valence-corrected chi connectivity index (χ2v) is 2.32. The van der Waals surface area contributed by atoms with Crippen LogP contribution in [-0.2, 0) is 0 Å². The standard InChI is InChI=1S/C10H11N/c1-9-5-2-3-6-10(9)7-4-8-11/h2-3,5-6H,8,11H2,1H3. The van der Waals surface area contributed by atoms with Gasteiger partial charge in [-0.3, -0.25) is 0 Å². The summed E-state index contributed by atoms with van der Waals surface area (Å²) in [5, 5.41) is 0. The van der Waals surface area contributed by atoms with Crippen molar-refractivity contribution in [3.05, 3.63) is 35.4 Å². The van der Waals surface area contributed by atoms with Crippen molar-refractivity contribution in [2.24, 2.45) is 5.73 Å². The Kier molecular flexibility index (Phi) is 2.71. The second-order valence-electron chi connectivity index (χ2n) is 2.32. The Balaban J connectivity index is 2.95. The summed E-state index contributed by atoms with van der Waals surface area (Å²) in [4.78, 5) is 0. The van der Waals surface area contributed by atoms with Gasteiger partial charge in [0, 0.05) is 5.56 Å². The zero-order valence-corrected chi connectivity index (χ0v) is 6.59. The second kappa shape index (κ2) is 3.80. The molecule has 0 radical (unpaired) electrons. The van der Waals surface area contributed by atoms with Crippen LogP contribution in [0, 0.1) is 18.8 Å². The van der Waals surface area contributed by atoms with Crippen LogP contribution in [0.4, 0.5) is 0 Å². The molecule has 0 atom stereocenters. The van der Waals surface area contributed by atoms with Gasteiger partial charge >= 0.3 is 0 Å². The van der Waals surface area contributed by atoms with Gasteiger partial charge in [0.2, 0.25) is 0 Å². The predicted molar refractivity (Wildman–Crippen MR) is 47.1 cm³/mol. The number of hydrogen-bond acceptors (Lipinski definition) is 1. The molecule has 0 saturated heterocycles. The lowest BCUT2D eigenvalue weighted by Gasteiger charge is -1.93. The molecule has 0 fully saturated rings. The zero-order chi connectivity index (χ0) is 8.10. The average Bonchev–Trinajstić information content (AvgIpc) is 2.03. The highest BCUT2D eigenvalue weighted by Crippen LogP contribution is 2.03. The summed E-state index contributed by atoms with van der Waals surface area (Å²) in [6.07, 6.45) is 0. The highest BCUT2D eigenvalue weighted by Gasteiger charge is 1.88. The van der Waals surface area contributed by atoms with Gasteiger partial charge in [-0.25, -0.2) is 0 Å². The van der Waals surface area contributed by atoms with Gasteiger partial charge in [0.15, 0.2) is 0 Å². The van der Waals surface area contributed by atoms with Crippen LogP contribution >= 0.6 is 0 Å². The SMILES string of the molecule is Cc1ccccc1C#CCN. The van der Waals surface area contributed by atoms with Crippen LogP contribution < -0.4 is 5.73 Å². The van der Waals surface area contributed by atoms with E-state index in [1.165, 1.54) is 5.56 Å². The van der Waals surface area contributed by atoms with Crippen molar-refractivity contribution in [2.45, 2.75) is 6.92 Å².